The second kappa shape index (κ2) is 5.25. The zero-order valence-corrected chi connectivity index (χ0v) is 10.4. The first-order valence-electron chi connectivity index (χ1n) is 4.85. The van der Waals surface area contributed by atoms with Crippen LogP contribution in [0.2, 0.25) is 0 Å². The number of hydrogen-bond acceptors (Lipinski definition) is 6. The van der Waals surface area contributed by atoms with Crippen LogP contribution in [0.1, 0.15) is 0 Å². The van der Waals surface area contributed by atoms with Gasteiger partial charge in [0, 0.05) is 0 Å². The minimum Gasteiger partial charge on any atom is -0.807 e. The molecule has 1 heterocycles. The van der Waals surface area contributed by atoms with Gasteiger partial charge in [-0.25, -0.2) is 0 Å². The van der Waals surface area contributed by atoms with Gasteiger partial charge in [0.2, 0.25) is 0 Å². The highest BCUT2D eigenvalue weighted by Gasteiger charge is 2.23. The van der Waals surface area contributed by atoms with Crippen LogP contribution >= 0.6 is 15.2 Å². The summed E-state index contributed by atoms with van der Waals surface area (Å²) in [6.45, 7) is 1.57. The third-order valence-corrected chi connectivity index (χ3v) is 4.17. The van der Waals surface area contributed by atoms with Gasteiger partial charge in [-0.3, -0.25) is 0 Å². The predicted octanol–water partition coefficient (Wildman–Crippen LogP) is -6.49. The molecule has 0 bridgehead atoms. The van der Waals surface area contributed by atoms with E-state index >= 15 is 0 Å². The van der Waals surface area contributed by atoms with E-state index in [1.807, 2.05) is 0 Å². The van der Waals surface area contributed by atoms with Gasteiger partial charge in [0.05, 0.1) is 0 Å². The molecule has 16 heavy (non-hydrogen) atoms. The summed E-state index contributed by atoms with van der Waals surface area (Å²) >= 11 is 0. The van der Waals surface area contributed by atoms with Crippen molar-refractivity contribution in [2.24, 2.45) is 0 Å². The first-order chi connectivity index (χ1) is 7.16. The van der Waals surface area contributed by atoms with E-state index in [0.717, 1.165) is 0 Å². The molecule has 10 heteroatoms. The minimum absolute atomic E-state index is 0.393. The molecule has 0 atom stereocenters. The zero-order valence-electron chi connectivity index (χ0n) is 8.59. The quantitative estimate of drug-likeness (QED) is 0.488. The largest absolute Gasteiger partial charge is 0.807 e. The molecule has 96 valence electrons. The van der Waals surface area contributed by atoms with E-state index < -0.39 is 27.8 Å². The summed E-state index contributed by atoms with van der Waals surface area (Å²) < 4.78 is 21.0. The molecular formula is C6H14N2O6P2-2. The Morgan fingerprint density at radius 3 is 1.19 bits per heavy atom. The molecule has 1 saturated heterocycles. The van der Waals surface area contributed by atoms with Crippen LogP contribution in [0, 0.1) is 0 Å². The van der Waals surface area contributed by atoms with E-state index in [9.17, 15) is 28.7 Å². The summed E-state index contributed by atoms with van der Waals surface area (Å²) in [5.41, 5.74) is 0. The zero-order chi connectivity index (χ0) is 12.4. The summed E-state index contributed by atoms with van der Waals surface area (Å²) in [7, 11) is -9.04. The number of quaternary nitrogens is 2. The Hall–Kier alpha value is 0.220. The second-order valence-electron chi connectivity index (χ2n) is 4.04. The molecule has 1 rings (SSSR count). The van der Waals surface area contributed by atoms with Crippen LogP contribution in [0.4, 0.5) is 0 Å². The van der Waals surface area contributed by atoms with Crippen molar-refractivity contribution in [1.29, 1.82) is 0 Å². The van der Waals surface area contributed by atoms with Crippen LogP contribution in [-0.2, 0) is 9.13 Å². The Morgan fingerprint density at radius 1 is 0.750 bits per heavy atom. The molecule has 0 amide bonds. The molecule has 0 radical (unpaired) electrons. The van der Waals surface area contributed by atoms with Crippen LogP contribution in [0.25, 0.3) is 0 Å². The lowest BCUT2D eigenvalue weighted by Crippen LogP contribution is -3.28. The normalized spacial score (nSPS) is 28.0. The van der Waals surface area contributed by atoms with E-state index in [0.29, 0.717) is 36.0 Å². The number of nitrogens with one attached hydrogen (secondary N) is 2. The fourth-order valence-corrected chi connectivity index (χ4v) is 3.55. The van der Waals surface area contributed by atoms with Gasteiger partial charge >= 0.3 is 0 Å². The predicted molar refractivity (Wildman–Crippen MR) is 46.3 cm³/mol. The molecule has 2 N–H and O–H groups in total. The molecule has 1 aliphatic rings. The van der Waals surface area contributed by atoms with Gasteiger partial charge in [0.1, 0.15) is 38.8 Å². The molecule has 0 spiro atoms. The maximum Gasteiger partial charge on any atom is 0.127 e. The van der Waals surface area contributed by atoms with Crippen molar-refractivity contribution in [2.45, 2.75) is 0 Å². The average molecular weight is 272 g/mol. The summed E-state index contributed by atoms with van der Waals surface area (Å²) in [5.74, 6) is 0. The Balaban J connectivity index is 2.34. The molecule has 0 aromatic heterocycles. The van der Waals surface area contributed by atoms with Crippen molar-refractivity contribution in [3.8, 4) is 0 Å². The topological polar surface area (TPSA) is 135 Å². The molecule has 0 aromatic carbocycles. The first kappa shape index (κ1) is 14.3. The van der Waals surface area contributed by atoms with E-state index in [1.54, 1.807) is 0 Å². The van der Waals surface area contributed by atoms with Crippen molar-refractivity contribution in [1.82, 2.24) is 0 Å². The maximum atomic E-state index is 10.5. The van der Waals surface area contributed by atoms with Gasteiger partial charge in [-0.05, 0) is 15.2 Å². The summed E-state index contributed by atoms with van der Waals surface area (Å²) in [4.78, 5) is 43.3. The lowest BCUT2D eigenvalue weighted by molar-refractivity contribution is -1.00. The maximum absolute atomic E-state index is 10.5. The average Bonchev–Trinajstić information content (AvgIpc) is 2.03. The SMILES string of the molecule is O=P([O-])([O-])C[NH+]1CC[NH+](CP(=O)([O-])[O-])CC1. The van der Waals surface area contributed by atoms with Crippen molar-refractivity contribution in [3.63, 3.8) is 0 Å². The van der Waals surface area contributed by atoms with Crippen molar-refractivity contribution >= 4 is 15.2 Å². The van der Waals surface area contributed by atoms with E-state index in [-0.39, 0.29) is 0 Å². The third kappa shape index (κ3) is 6.08. The molecule has 0 saturated carbocycles. The van der Waals surface area contributed by atoms with Gasteiger partial charge in [0.25, 0.3) is 0 Å². The number of piperazine rings is 1. The lowest BCUT2D eigenvalue weighted by Gasteiger charge is -2.39. The van der Waals surface area contributed by atoms with E-state index in [2.05, 4.69) is 0 Å². The molecule has 0 aliphatic carbocycles. The lowest BCUT2D eigenvalue weighted by atomic mass is 10.4. The molecule has 0 aromatic rings. The van der Waals surface area contributed by atoms with Crippen molar-refractivity contribution in [2.75, 3.05) is 38.8 Å². The van der Waals surface area contributed by atoms with Gasteiger partial charge in [0.15, 0.2) is 0 Å². The molecule has 1 fully saturated rings. The Labute approximate surface area is 93.2 Å². The standard InChI is InChI=1S/C6H16N2O6P2/c9-15(10,11)5-7-1-2-8(4-3-7)6-16(12,13)14/h1-6H2,(H2,9,10,11)(H2,12,13,14)/p-2. The summed E-state index contributed by atoms with van der Waals surface area (Å²) in [6, 6.07) is 0. The smallest absolute Gasteiger partial charge is 0.127 e. The fraction of sp³-hybridized carbons (Fsp3) is 1.00. The highest BCUT2D eigenvalue weighted by atomic mass is 31.2. The third-order valence-electron chi connectivity index (χ3n) is 2.50. The van der Waals surface area contributed by atoms with E-state index in [1.165, 1.54) is 0 Å². The Bertz CT molecular complexity index is 285. The first-order valence-corrected chi connectivity index (χ1v) is 8.31. The summed E-state index contributed by atoms with van der Waals surface area (Å²) in [6.07, 6.45) is -0.903. The van der Waals surface area contributed by atoms with Gasteiger partial charge in [-0.2, -0.15) is 0 Å². The number of hydrogen-bond donors (Lipinski definition) is 2. The fourth-order valence-electron chi connectivity index (χ4n) is 1.82. The number of rotatable bonds is 4. The molecule has 1 aliphatic heterocycles. The minimum atomic E-state index is -4.52. The van der Waals surface area contributed by atoms with Crippen LogP contribution < -0.4 is 29.4 Å². The van der Waals surface area contributed by atoms with Crippen molar-refractivity contribution < 1.29 is 38.5 Å². The monoisotopic (exact) mass is 272 g/mol. The van der Waals surface area contributed by atoms with Crippen LogP contribution in [0.15, 0.2) is 0 Å². The van der Waals surface area contributed by atoms with Gasteiger partial charge in [-0.1, -0.05) is 0 Å². The second-order valence-corrected chi connectivity index (χ2v) is 7.11. The van der Waals surface area contributed by atoms with Crippen molar-refractivity contribution in [3.05, 3.63) is 0 Å². The van der Waals surface area contributed by atoms with Gasteiger partial charge in [-0.15, -0.1) is 0 Å². The van der Waals surface area contributed by atoms with Crippen LogP contribution in [0.3, 0.4) is 0 Å². The van der Waals surface area contributed by atoms with Crippen LogP contribution in [-0.4, -0.2) is 38.8 Å². The van der Waals surface area contributed by atoms with Crippen LogP contribution in [0.5, 0.6) is 0 Å². The van der Waals surface area contributed by atoms with E-state index in [4.69, 9.17) is 0 Å². The molecule has 8 nitrogen and oxygen atoms in total. The molecular weight excluding hydrogens is 258 g/mol. The summed E-state index contributed by atoms with van der Waals surface area (Å²) in [5, 5.41) is 0. The Kier molecular flexibility index (Phi) is 4.68. The Morgan fingerprint density at radius 2 is 1.00 bits per heavy atom. The molecule has 0 unspecified atom stereocenters. The highest BCUT2D eigenvalue weighted by molar-refractivity contribution is 7.48. The highest BCUT2D eigenvalue weighted by Crippen LogP contribution is 2.18. The van der Waals surface area contributed by atoms with Gasteiger partial charge < -0.3 is 38.5 Å².